The van der Waals surface area contributed by atoms with Crippen LogP contribution in [0.5, 0.6) is 0 Å². The monoisotopic (exact) mass is 245 g/mol. The van der Waals surface area contributed by atoms with Gasteiger partial charge in [-0.2, -0.15) is 0 Å². The summed E-state index contributed by atoms with van der Waals surface area (Å²) in [6, 6.07) is 0. The van der Waals surface area contributed by atoms with Gasteiger partial charge in [0.2, 0.25) is 0 Å². The number of halogens is 1. The molecular weight excluding hydrogens is 226 g/mol. The molecule has 0 saturated heterocycles. The molecule has 0 aliphatic heterocycles. The van der Waals surface area contributed by atoms with Crippen molar-refractivity contribution in [2.75, 3.05) is 19.0 Å². The van der Waals surface area contributed by atoms with Gasteiger partial charge in [0.15, 0.2) is 0 Å². The Morgan fingerprint density at radius 2 is 1.81 bits per heavy atom. The molecule has 0 atom stereocenters. The minimum absolute atomic E-state index is 0.220. The van der Waals surface area contributed by atoms with Gasteiger partial charge in [-0.05, 0) is 12.8 Å². The number of hydrogen-bond acceptors (Lipinski definition) is 2. The maximum absolute atomic E-state index is 10.9. The second kappa shape index (κ2) is 12.2. The molecule has 0 bridgehead atoms. The first-order valence-electron chi connectivity index (χ1n) is 5.71. The average Bonchev–Trinajstić information content (AvgIpc) is 2.30. The second-order valence-electron chi connectivity index (χ2n) is 3.50. The van der Waals surface area contributed by atoms with E-state index in [1.165, 1.54) is 19.3 Å². The highest BCUT2D eigenvalue weighted by Crippen LogP contribution is 2.05. The number of ether oxygens (including phenoxy) is 1. The number of hydrogen-bond donors (Lipinski definition) is 1. The molecule has 3 nitrogen and oxygen atoms in total. The van der Waals surface area contributed by atoms with Crippen LogP contribution >= 0.6 is 11.6 Å². The number of rotatable bonds is 9. The highest BCUT2D eigenvalue weighted by Gasteiger charge is 1.98. The van der Waals surface area contributed by atoms with Crippen LogP contribution in [0.3, 0.4) is 0 Å². The number of alkyl halides is 1. The van der Waals surface area contributed by atoms with Crippen LogP contribution in [0.2, 0.25) is 0 Å². The largest absolute Gasteiger partial charge is 0.450 e. The van der Waals surface area contributed by atoms with Crippen molar-refractivity contribution in [3.8, 4) is 12.3 Å². The van der Waals surface area contributed by atoms with Gasteiger partial charge in [0.1, 0.15) is 0 Å². The summed E-state index contributed by atoms with van der Waals surface area (Å²) < 4.78 is 4.91. The zero-order valence-electron chi connectivity index (χ0n) is 9.64. The highest BCUT2D eigenvalue weighted by atomic mass is 35.5. The molecule has 0 spiro atoms. The van der Waals surface area contributed by atoms with Crippen molar-refractivity contribution in [3.63, 3.8) is 0 Å². The predicted octanol–water partition coefficient (Wildman–Crippen LogP) is 2.93. The first-order valence-corrected chi connectivity index (χ1v) is 6.24. The van der Waals surface area contributed by atoms with Crippen molar-refractivity contribution in [3.05, 3.63) is 0 Å². The highest BCUT2D eigenvalue weighted by molar-refractivity contribution is 6.17. The van der Waals surface area contributed by atoms with E-state index in [0.717, 1.165) is 25.1 Å². The summed E-state index contributed by atoms with van der Waals surface area (Å²) in [7, 11) is 0. The minimum atomic E-state index is -0.430. The Morgan fingerprint density at radius 1 is 1.19 bits per heavy atom. The fourth-order valence-electron chi connectivity index (χ4n) is 1.24. The molecule has 0 heterocycles. The van der Waals surface area contributed by atoms with Crippen molar-refractivity contribution >= 4 is 17.7 Å². The van der Waals surface area contributed by atoms with Crippen molar-refractivity contribution in [1.82, 2.24) is 5.32 Å². The van der Waals surface area contributed by atoms with E-state index in [2.05, 4.69) is 11.2 Å². The Bertz CT molecular complexity index is 214. The van der Waals surface area contributed by atoms with Crippen LogP contribution in [0.1, 0.15) is 38.5 Å². The lowest BCUT2D eigenvalue weighted by Crippen LogP contribution is -2.24. The Hall–Kier alpha value is -0.880. The molecule has 1 amide bonds. The van der Waals surface area contributed by atoms with Gasteiger partial charge in [0.25, 0.3) is 0 Å². The molecule has 0 unspecified atom stereocenters. The molecule has 0 aliphatic carbocycles. The molecular formula is C12H20ClNO2. The van der Waals surface area contributed by atoms with E-state index in [0.29, 0.717) is 6.61 Å². The number of unbranched alkanes of at least 4 members (excludes halogenated alkanes) is 5. The summed E-state index contributed by atoms with van der Waals surface area (Å²) >= 11 is 5.56. The van der Waals surface area contributed by atoms with Crippen molar-refractivity contribution < 1.29 is 9.53 Å². The molecule has 0 aliphatic rings. The number of amides is 1. The lowest BCUT2D eigenvalue weighted by Gasteiger charge is -2.04. The summed E-state index contributed by atoms with van der Waals surface area (Å²) in [4.78, 5) is 10.9. The molecule has 0 fully saturated rings. The van der Waals surface area contributed by atoms with Gasteiger partial charge in [0, 0.05) is 5.88 Å². The third-order valence-corrected chi connectivity index (χ3v) is 2.36. The molecule has 0 aromatic carbocycles. The quantitative estimate of drug-likeness (QED) is 0.385. The van der Waals surface area contributed by atoms with Crippen molar-refractivity contribution in [1.29, 1.82) is 0 Å². The first-order chi connectivity index (χ1) is 7.81. The molecule has 0 aromatic rings. The van der Waals surface area contributed by atoms with Crippen LogP contribution < -0.4 is 5.32 Å². The summed E-state index contributed by atoms with van der Waals surface area (Å²) in [5.41, 5.74) is 0. The van der Waals surface area contributed by atoms with Gasteiger partial charge in [0.05, 0.1) is 13.2 Å². The van der Waals surface area contributed by atoms with Gasteiger partial charge in [-0.1, -0.05) is 31.6 Å². The van der Waals surface area contributed by atoms with E-state index in [4.69, 9.17) is 22.8 Å². The van der Waals surface area contributed by atoms with Gasteiger partial charge in [-0.25, -0.2) is 4.79 Å². The van der Waals surface area contributed by atoms with Crippen LogP contribution in [-0.2, 0) is 4.74 Å². The summed E-state index contributed by atoms with van der Waals surface area (Å²) in [5, 5.41) is 2.44. The molecule has 0 rings (SSSR count). The summed E-state index contributed by atoms with van der Waals surface area (Å²) in [5.74, 6) is 3.05. The number of nitrogens with one attached hydrogen (secondary N) is 1. The maximum Gasteiger partial charge on any atom is 0.407 e. The van der Waals surface area contributed by atoms with Crippen molar-refractivity contribution in [2.24, 2.45) is 0 Å². The Morgan fingerprint density at radius 3 is 2.44 bits per heavy atom. The standard InChI is InChI=1S/C12H20ClNO2/c1-2-10-14-12(15)16-11-8-6-4-3-5-7-9-13/h1H,3-11H2,(H,14,15). The predicted molar refractivity (Wildman–Crippen MR) is 66.6 cm³/mol. The van der Waals surface area contributed by atoms with E-state index in [1.807, 2.05) is 0 Å². The maximum atomic E-state index is 10.9. The second-order valence-corrected chi connectivity index (χ2v) is 3.88. The third kappa shape index (κ3) is 11.2. The van der Waals surface area contributed by atoms with Crippen LogP contribution in [0, 0.1) is 12.3 Å². The third-order valence-electron chi connectivity index (χ3n) is 2.10. The Kier molecular flexibility index (Phi) is 11.5. The molecule has 0 saturated carbocycles. The molecule has 16 heavy (non-hydrogen) atoms. The summed E-state index contributed by atoms with van der Waals surface area (Å²) in [6.07, 6.45) is 11.2. The molecule has 92 valence electrons. The normalized spacial score (nSPS) is 9.50. The van der Waals surface area contributed by atoms with E-state index in [1.54, 1.807) is 0 Å². The van der Waals surface area contributed by atoms with Crippen LogP contribution in [0.25, 0.3) is 0 Å². The Labute approximate surface area is 103 Å². The van der Waals surface area contributed by atoms with Gasteiger partial charge >= 0.3 is 6.09 Å². The van der Waals surface area contributed by atoms with Gasteiger partial charge in [-0.15, -0.1) is 18.0 Å². The minimum Gasteiger partial charge on any atom is -0.450 e. The Balaban J connectivity index is 3.09. The van der Waals surface area contributed by atoms with Crippen LogP contribution in [0.4, 0.5) is 4.79 Å². The molecule has 1 N–H and O–H groups in total. The average molecular weight is 246 g/mol. The van der Waals surface area contributed by atoms with Crippen LogP contribution in [-0.4, -0.2) is 25.1 Å². The van der Waals surface area contributed by atoms with Gasteiger partial charge in [-0.3, -0.25) is 0 Å². The number of terminal acetylenes is 1. The van der Waals surface area contributed by atoms with Gasteiger partial charge < -0.3 is 10.1 Å². The fourth-order valence-corrected chi connectivity index (χ4v) is 1.43. The molecule has 0 aromatic heterocycles. The zero-order chi connectivity index (χ0) is 12.1. The zero-order valence-corrected chi connectivity index (χ0v) is 10.4. The lowest BCUT2D eigenvalue weighted by molar-refractivity contribution is 0.145. The molecule has 4 heteroatoms. The SMILES string of the molecule is C#CCNC(=O)OCCCCCCCCCl. The topological polar surface area (TPSA) is 38.3 Å². The van der Waals surface area contributed by atoms with E-state index in [9.17, 15) is 4.79 Å². The number of carbonyl (C=O) groups excluding carboxylic acids is 1. The van der Waals surface area contributed by atoms with E-state index in [-0.39, 0.29) is 6.54 Å². The summed E-state index contributed by atoms with van der Waals surface area (Å²) in [6.45, 7) is 0.684. The fraction of sp³-hybridized carbons (Fsp3) is 0.750. The van der Waals surface area contributed by atoms with E-state index >= 15 is 0 Å². The molecule has 0 radical (unpaired) electrons. The number of alkyl carbamates (subject to hydrolysis) is 1. The lowest BCUT2D eigenvalue weighted by atomic mass is 10.1. The van der Waals surface area contributed by atoms with E-state index < -0.39 is 6.09 Å². The first kappa shape index (κ1) is 15.1. The van der Waals surface area contributed by atoms with Crippen LogP contribution in [0.15, 0.2) is 0 Å². The number of carbonyl (C=O) groups is 1. The smallest absolute Gasteiger partial charge is 0.407 e. The van der Waals surface area contributed by atoms with Crippen molar-refractivity contribution in [2.45, 2.75) is 38.5 Å².